The van der Waals surface area contributed by atoms with E-state index in [1.165, 1.54) is 0 Å². The normalized spacial score (nSPS) is 14.1. The van der Waals surface area contributed by atoms with Crippen molar-refractivity contribution in [2.24, 2.45) is 0 Å². The molecule has 0 atom stereocenters. The first-order chi connectivity index (χ1) is 13.5. The minimum Gasteiger partial charge on any atom is -0.489 e. The first kappa shape index (κ1) is 18.9. The number of hydrogen-bond acceptors (Lipinski definition) is 3. The summed E-state index contributed by atoms with van der Waals surface area (Å²) in [6.45, 7) is 0.318. The molecule has 0 bridgehead atoms. The molecule has 3 nitrogen and oxygen atoms in total. The van der Waals surface area contributed by atoms with Gasteiger partial charge in [0.25, 0.3) is 0 Å². The fourth-order valence-electron chi connectivity index (χ4n) is 2.79. The summed E-state index contributed by atoms with van der Waals surface area (Å²) < 4.78 is 11.5. The second-order valence-corrected chi connectivity index (χ2v) is 7.37. The number of allylic oxidation sites excluding steroid dienone is 1. The highest BCUT2D eigenvalue weighted by atomic mass is 35.5. The highest BCUT2D eigenvalue weighted by molar-refractivity contribution is 6.42. The van der Waals surface area contributed by atoms with E-state index < -0.39 is 0 Å². The number of fused-ring (bicyclic) bond motifs is 1. The first-order valence-electron chi connectivity index (χ1n) is 8.41. The topological polar surface area (TPSA) is 35.5 Å². The molecule has 1 heterocycles. The van der Waals surface area contributed by atoms with Crippen LogP contribution in [0.3, 0.4) is 0 Å². The van der Waals surface area contributed by atoms with E-state index in [0.29, 0.717) is 38.7 Å². The van der Waals surface area contributed by atoms with Crippen LogP contribution >= 0.6 is 34.8 Å². The van der Waals surface area contributed by atoms with Crippen LogP contribution in [0, 0.1) is 0 Å². The third-order valence-corrected chi connectivity index (χ3v) is 5.34. The Labute approximate surface area is 177 Å². The Hall–Kier alpha value is -2.46. The maximum Gasteiger partial charge on any atom is 0.231 e. The smallest absolute Gasteiger partial charge is 0.231 e. The summed E-state index contributed by atoms with van der Waals surface area (Å²) in [7, 11) is 0. The lowest BCUT2D eigenvalue weighted by Gasteiger charge is -2.08. The quantitative estimate of drug-likeness (QED) is 0.424. The average molecular weight is 432 g/mol. The number of ether oxygens (including phenoxy) is 2. The van der Waals surface area contributed by atoms with E-state index in [1.54, 1.807) is 42.5 Å². The molecule has 6 heteroatoms. The molecule has 0 spiro atoms. The fraction of sp³-hybridized carbons (Fsp3) is 0.0455. The molecule has 3 aromatic rings. The maximum atomic E-state index is 12.6. The van der Waals surface area contributed by atoms with Crippen LogP contribution in [-0.2, 0) is 6.61 Å². The number of Topliss-reactive ketones (excluding diaryl/α,β-unsaturated/α-hetero) is 1. The Kier molecular flexibility index (Phi) is 5.31. The van der Waals surface area contributed by atoms with E-state index in [-0.39, 0.29) is 11.5 Å². The van der Waals surface area contributed by atoms with Gasteiger partial charge < -0.3 is 9.47 Å². The molecule has 0 radical (unpaired) electrons. The Morgan fingerprint density at radius 3 is 2.50 bits per heavy atom. The second-order valence-electron chi connectivity index (χ2n) is 6.15. The summed E-state index contributed by atoms with van der Waals surface area (Å²) in [5, 5.41) is 1.50. The van der Waals surface area contributed by atoms with E-state index >= 15 is 0 Å². The van der Waals surface area contributed by atoms with Gasteiger partial charge in [0.05, 0.1) is 15.6 Å². The molecule has 0 fully saturated rings. The maximum absolute atomic E-state index is 12.6. The molecule has 0 N–H and O–H groups in total. The van der Waals surface area contributed by atoms with Crippen molar-refractivity contribution in [3.63, 3.8) is 0 Å². The summed E-state index contributed by atoms with van der Waals surface area (Å²) in [6, 6.07) is 17.7. The number of carbonyl (C=O) groups is 1. The summed E-state index contributed by atoms with van der Waals surface area (Å²) in [5.74, 6) is 1.06. The summed E-state index contributed by atoms with van der Waals surface area (Å²) in [5.41, 5.74) is 2.08. The first-order valence-corrected chi connectivity index (χ1v) is 9.54. The van der Waals surface area contributed by atoms with Gasteiger partial charge in [0.1, 0.15) is 18.1 Å². The molecular formula is C22H13Cl3O3. The number of halogens is 3. The van der Waals surface area contributed by atoms with Crippen LogP contribution in [-0.4, -0.2) is 5.78 Å². The fourth-order valence-corrected chi connectivity index (χ4v) is 3.28. The largest absolute Gasteiger partial charge is 0.489 e. The highest BCUT2D eigenvalue weighted by Crippen LogP contribution is 2.35. The van der Waals surface area contributed by atoms with Crippen molar-refractivity contribution < 1.29 is 14.3 Å². The van der Waals surface area contributed by atoms with Crippen LogP contribution < -0.4 is 9.47 Å². The van der Waals surface area contributed by atoms with Gasteiger partial charge in [-0.2, -0.15) is 0 Å². The molecule has 0 amide bonds. The Bertz CT molecular complexity index is 1110. The standard InChI is InChI=1S/C22H13Cl3O3/c23-17-4-2-1-3-14(17)12-27-15-6-7-16-20(11-15)28-21(22(16)26)10-13-5-8-18(24)19(25)9-13/h1-11H,12H2/b21-10-. The van der Waals surface area contributed by atoms with Crippen molar-refractivity contribution in [1.82, 2.24) is 0 Å². The van der Waals surface area contributed by atoms with Gasteiger partial charge in [-0.1, -0.05) is 59.1 Å². The number of rotatable bonds is 4. The molecule has 0 saturated carbocycles. The van der Waals surface area contributed by atoms with Crippen LogP contribution in [0.25, 0.3) is 6.08 Å². The summed E-state index contributed by atoms with van der Waals surface area (Å²) in [6.07, 6.45) is 1.63. The molecule has 0 saturated heterocycles. The predicted octanol–water partition coefficient (Wildman–Crippen LogP) is 6.84. The van der Waals surface area contributed by atoms with E-state index in [1.807, 2.05) is 24.3 Å². The van der Waals surface area contributed by atoms with Gasteiger partial charge in [-0.25, -0.2) is 0 Å². The van der Waals surface area contributed by atoms with Crippen molar-refractivity contribution in [3.8, 4) is 11.5 Å². The summed E-state index contributed by atoms with van der Waals surface area (Å²) in [4.78, 5) is 12.6. The Balaban J connectivity index is 1.53. The minimum atomic E-state index is -0.196. The molecule has 3 aromatic carbocycles. The monoisotopic (exact) mass is 430 g/mol. The van der Waals surface area contributed by atoms with Gasteiger partial charge in [0.2, 0.25) is 5.78 Å². The van der Waals surface area contributed by atoms with Crippen LogP contribution in [0.15, 0.2) is 66.4 Å². The molecule has 4 rings (SSSR count). The number of hydrogen-bond donors (Lipinski definition) is 0. The lowest BCUT2D eigenvalue weighted by molar-refractivity contribution is 0.101. The molecule has 0 aromatic heterocycles. The molecule has 0 aliphatic carbocycles. The van der Waals surface area contributed by atoms with Crippen LogP contribution in [0.4, 0.5) is 0 Å². The van der Waals surface area contributed by atoms with Crippen LogP contribution in [0.2, 0.25) is 15.1 Å². The van der Waals surface area contributed by atoms with E-state index in [4.69, 9.17) is 44.3 Å². The van der Waals surface area contributed by atoms with Crippen LogP contribution in [0.5, 0.6) is 11.5 Å². The Morgan fingerprint density at radius 2 is 1.71 bits per heavy atom. The minimum absolute atomic E-state index is 0.196. The predicted molar refractivity (Wildman–Crippen MR) is 112 cm³/mol. The van der Waals surface area contributed by atoms with E-state index in [0.717, 1.165) is 11.1 Å². The van der Waals surface area contributed by atoms with Gasteiger partial charge in [-0.3, -0.25) is 4.79 Å². The lowest BCUT2D eigenvalue weighted by Crippen LogP contribution is -1.98. The number of ketones is 1. The highest BCUT2D eigenvalue weighted by Gasteiger charge is 2.27. The van der Waals surface area contributed by atoms with Crippen molar-refractivity contribution >= 4 is 46.7 Å². The third kappa shape index (κ3) is 3.88. The van der Waals surface area contributed by atoms with Crippen molar-refractivity contribution in [2.45, 2.75) is 6.61 Å². The third-order valence-electron chi connectivity index (χ3n) is 4.24. The Morgan fingerprint density at radius 1 is 0.893 bits per heavy atom. The SMILES string of the molecule is O=C1/C(=C/c2ccc(Cl)c(Cl)c2)Oc2cc(OCc3ccccc3Cl)ccc21. The zero-order chi connectivity index (χ0) is 19.7. The molecule has 28 heavy (non-hydrogen) atoms. The number of benzene rings is 3. The van der Waals surface area contributed by atoms with Crippen molar-refractivity contribution in [1.29, 1.82) is 0 Å². The average Bonchev–Trinajstić information content (AvgIpc) is 2.99. The van der Waals surface area contributed by atoms with Gasteiger partial charge in [0, 0.05) is 16.7 Å². The molecule has 1 aliphatic rings. The second kappa shape index (κ2) is 7.88. The van der Waals surface area contributed by atoms with E-state index in [9.17, 15) is 4.79 Å². The molecule has 140 valence electrons. The summed E-state index contributed by atoms with van der Waals surface area (Å²) >= 11 is 18.1. The zero-order valence-corrected chi connectivity index (χ0v) is 16.7. The zero-order valence-electron chi connectivity index (χ0n) is 14.4. The van der Waals surface area contributed by atoms with Crippen molar-refractivity contribution in [3.05, 3.63) is 98.2 Å². The lowest BCUT2D eigenvalue weighted by atomic mass is 10.1. The van der Waals surface area contributed by atoms with Gasteiger partial charge in [-0.15, -0.1) is 0 Å². The molecular weight excluding hydrogens is 419 g/mol. The van der Waals surface area contributed by atoms with E-state index in [2.05, 4.69) is 0 Å². The van der Waals surface area contributed by atoms with Gasteiger partial charge >= 0.3 is 0 Å². The number of carbonyl (C=O) groups excluding carboxylic acids is 1. The molecule has 0 unspecified atom stereocenters. The van der Waals surface area contributed by atoms with Crippen molar-refractivity contribution in [2.75, 3.05) is 0 Å². The van der Waals surface area contributed by atoms with Gasteiger partial charge in [-0.05, 0) is 42.0 Å². The van der Waals surface area contributed by atoms with Gasteiger partial charge in [0.15, 0.2) is 5.76 Å². The van der Waals surface area contributed by atoms with Crippen LogP contribution in [0.1, 0.15) is 21.5 Å². The molecule has 1 aliphatic heterocycles.